The molecule has 20 heavy (non-hydrogen) atoms. The zero-order chi connectivity index (χ0) is 14.4. The summed E-state index contributed by atoms with van der Waals surface area (Å²) in [6.07, 6.45) is 5.34. The quantitative estimate of drug-likeness (QED) is 0.830. The molecule has 0 spiro atoms. The Kier molecular flexibility index (Phi) is 5.95. The van der Waals surface area contributed by atoms with Crippen molar-refractivity contribution in [3.05, 3.63) is 28.7 Å². The molecule has 0 radical (unpaired) electrons. The predicted molar refractivity (Wildman–Crippen MR) is 88.9 cm³/mol. The molecule has 2 atom stereocenters. The largest absolute Gasteiger partial charge is 0.299 e. The maximum atomic E-state index is 9.57. The van der Waals surface area contributed by atoms with E-state index in [0.717, 1.165) is 36.7 Å². The molecule has 108 valence electrons. The first kappa shape index (κ1) is 15.9. The summed E-state index contributed by atoms with van der Waals surface area (Å²) in [5, 5.41) is 13.6. The van der Waals surface area contributed by atoms with Crippen molar-refractivity contribution < 1.29 is 0 Å². The van der Waals surface area contributed by atoms with Gasteiger partial charge in [0.25, 0.3) is 0 Å². The molecule has 2 rings (SSSR count). The Labute approximate surface area is 134 Å². The van der Waals surface area contributed by atoms with Gasteiger partial charge < -0.3 is 0 Å². The van der Waals surface area contributed by atoms with Gasteiger partial charge in [0.05, 0.1) is 6.07 Å². The van der Waals surface area contributed by atoms with Crippen LogP contribution in [0.5, 0.6) is 0 Å². The number of halogens is 1. The van der Waals surface area contributed by atoms with Gasteiger partial charge >= 0.3 is 0 Å². The Hall–Kier alpha value is -0.500. The third-order valence-electron chi connectivity index (χ3n) is 3.73. The Morgan fingerprint density at radius 1 is 1.55 bits per heavy atom. The van der Waals surface area contributed by atoms with Crippen molar-refractivity contribution in [2.45, 2.75) is 54.7 Å². The van der Waals surface area contributed by atoms with E-state index in [1.165, 1.54) is 11.3 Å². The van der Waals surface area contributed by atoms with Crippen LogP contribution in [0.3, 0.4) is 0 Å². The highest BCUT2D eigenvalue weighted by Gasteiger charge is 2.36. The molecule has 1 aliphatic carbocycles. The summed E-state index contributed by atoms with van der Waals surface area (Å²) < 4.78 is 1.12. The molecular formula is C16H21BrN2S. The van der Waals surface area contributed by atoms with Gasteiger partial charge in [0.2, 0.25) is 0 Å². The van der Waals surface area contributed by atoms with E-state index in [1.54, 1.807) is 0 Å². The van der Waals surface area contributed by atoms with Crippen LogP contribution in [0.25, 0.3) is 0 Å². The van der Waals surface area contributed by atoms with E-state index in [0.29, 0.717) is 5.25 Å². The van der Waals surface area contributed by atoms with Gasteiger partial charge in [-0.15, -0.1) is 11.8 Å². The van der Waals surface area contributed by atoms with Crippen LogP contribution in [0, 0.1) is 11.3 Å². The molecule has 0 bridgehead atoms. The zero-order valence-electron chi connectivity index (χ0n) is 11.9. The molecule has 0 aliphatic heterocycles. The highest BCUT2D eigenvalue weighted by Crippen LogP contribution is 2.38. The van der Waals surface area contributed by atoms with Gasteiger partial charge in [-0.25, -0.2) is 0 Å². The van der Waals surface area contributed by atoms with Crippen molar-refractivity contribution in [3.63, 3.8) is 0 Å². The number of benzene rings is 1. The van der Waals surface area contributed by atoms with Gasteiger partial charge in [-0.2, -0.15) is 5.26 Å². The molecular weight excluding hydrogens is 332 g/mol. The molecule has 0 amide bonds. The Morgan fingerprint density at radius 2 is 2.40 bits per heavy atom. The lowest BCUT2D eigenvalue weighted by Gasteiger charge is -2.36. The summed E-state index contributed by atoms with van der Waals surface area (Å²) in [4.78, 5) is 1.29. The van der Waals surface area contributed by atoms with Crippen LogP contribution in [0.2, 0.25) is 0 Å². The third kappa shape index (κ3) is 4.25. The molecule has 0 heterocycles. The van der Waals surface area contributed by atoms with Crippen LogP contribution in [0.15, 0.2) is 33.6 Å². The summed E-state index contributed by atoms with van der Waals surface area (Å²) >= 11 is 5.43. The van der Waals surface area contributed by atoms with Gasteiger partial charge in [0.15, 0.2) is 0 Å². The van der Waals surface area contributed by atoms with E-state index in [4.69, 9.17) is 0 Å². The van der Waals surface area contributed by atoms with Crippen LogP contribution in [0.1, 0.15) is 39.0 Å². The number of hydrogen-bond acceptors (Lipinski definition) is 3. The van der Waals surface area contributed by atoms with E-state index < -0.39 is 0 Å². The second kappa shape index (κ2) is 7.49. The van der Waals surface area contributed by atoms with Gasteiger partial charge in [-0.05, 0) is 56.8 Å². The Balaban J connectivity index is 2.01. The summed E-state index contributed by atoms with van der Waals surface area (Å²) in [6, 6.07) is 11.0. The number of nitriles is 1. The van der Waals surface area contributed by atoms with E-state index in [9.17, 15) is 5.26 Å². The fourth-order valence-electron chi connectivity index (χ4n) is 2.72. The minimum absolute atomic E-state index is 0.308. The molecule has 1 N–H and O–H groups in total. The smallest absolute Gasteiger partial charge is 0.107 e. The van der Waals surface area contributed by atoms with Crippen LogP contribution >= 0.6 is 27.7 Å². The van der Waals surface area contributed by atoms with Crippen molar-refractivity contribution in [3.8, 4) is 6.07 Å². The van der Waals surface area contributed by atoms with E-state index in [2.05, 4.69) is 52.4 Å². The number of rotatable bonds is 5. The molecule has 1 saturated carbocycles. The molecule has 1 aliphatic rings. The fraction of sp³-hybridized carbons (Fsp3) is 0.562. The second-order valence-corrected chi connectivity index (χ2v) is 7.70. The van der Waals surface area contributed by atoms with Crippen LogP contribution in [-0.4, -0.2) is 17.3 Å². The van der Waals surface area contributed by atoms with E-state index in [1.807, 2.05) is 17.8 Å². The average Bonchev–Trinajstić information content (AvgIpc) is 2.45. The SMILES string of the molecule is CCCNC1(C#N)CCCC(Sc2cccc(Br)c2)C1. The second-order valence-electron chi connectivity index (χ2n) is 5.41. The molecule has 0 saturated heterocycles. The first-order valence-electron chi connectivity index (χ1n) is 7.26. The number of hydrogen-bond donors (Lipinski definition) is 1. The topological polar surface area (TPSA) is 35.8 Å². The van der Waals surface area contributed by atoms with Crippen LogP contribution in [-0.2, 0) is 0 Å². The summed E-state index contributed by atoms with van der Waals surface area (Å²) in [5.41, 5.74) is -0.308. The molecule has 2 unspecified atom stereocenters. The van der Waals surface area contributed by atoms with Gasteiger partial charge in [-0.1, -0.05) is 28.9 Å². The number of nitrogens with one attached hydrogen (secondary N) is 1. The minimum Gasteiger partial charge on any atom is -0.299 e. The zero-order valence-corrected chi connectivity index (χ0v) is 14.3. The van der Waals surface area contributed by atoms with E-state index >= 15 is 0 Å². The number of thioether (sulfide) groups is 1. The maximum Gasteiger partial charge on any atom is 0.107 e. The maximum absolute atomic E-state index is 9.57. The van der Waals surface area contributed by atoms with Crippen molar-refractivity contribution in [2.24, 2.45) is 0 Å². The van der Waals surface area contributed by atoms with Gasteiger partial charge in [0.1, 0.15) is 5.54 Å². The highest BCUT2D eigenvalue weighted by molar-refractivity contribution is 9.10. The van der Waals surface area contributed by atoms with Gasteiger partial charge in [0, 0.05) is 14.6 Å². The van der Waals surface area contributed by atoms with Crippen molar-refractivity contribution in [1.82, 2.24) is 5.32 Å². The normalized spacial score (nSPS) is 26.1. The third-order valence-corrected chi connectivity index (χ3v) is 5.49. The lowest BCUT2D eigenvalue weighted by molar-refractivity contribution is 0.305. The van der Waals surface area contributed by atoms with Crippen molar-refractivity contribution in [1.29, 1.82) is 5.26 Å². The first-order valence-corrected chi connectivity index (χ1v) is 8.93. The standard InChI is InChI=1S/C16H21BrN2S/c1-2-9-19-16(12-18)8-4-7-15(11-16)20-14-6-3-5-13(17)10-14/h3,5-6,10,15,19H,2,4,7-9,11H2,1H3. The lowest BCUT2D eigenvalue weighted by Crippen LogP contribution is -2.48. The fourth-order valence-corrected chi connectivity index (χ4v) is 4.66. The van der Waals surface area contributed by atoms with Crippen LogP contribution < -0.4 is 5.32 Å². The summed E-state index contributed by atoms with van der Waals surface area (Å²) in [6.45, 7) is 3.08. The molecule has 4 heteroatoms. The minimum atomic E-state index is -0.308. The highest BCUT2D eigenvalue weighted by atomic mass is 79.9. The molecule has 1 aromatic rings. The summed E-state index contributed by atoms with van der Waals surface area (Å²) in [5.74, 6) is 0. The van der Waals surface area contributed by atoms with E-state index in [-0.39, 0.29) is 5.54 Å². The van der Waals surface area contributed by atoms with Gasteiger partial charge in [-0.3, -0.25) is 5.32 Å². The van der Waals surface area contributed by atoms with Crippen molar-refractivity contribution in [2.75, 3.05) is 6.54 Å². The Bertz CT molecular complexity index is 486. The molecule has 1 fully saturated rings. The summed E-state index contributed by atoms with van der Waals surface area (Å²) in [7, 11) is 0. The first-order chi connectivity index (χ1) is 9.67. The van der Waals surface area contributed by atoms with Crippen LogP contribution in [0.4, 0.5) is 0 Å². The molecule has 2 nitrogen and oxygen atoms in total. The van der Waals surface area contributed by atoms with Crippen molar-refractivity contribution >= 4 is 27.7 Å². The predicted octanol–water partition coefficient (Wildman–Crippen LogP) is 4.75. The number of nitrogens with zero attached hydrogens (tertiary/aromatic N) is 1. The Morgan fingerprint density at radius 3 is 3.10 bits per heavy atom. The molecule has 1 aromatic carbocycles. The average molecular weight is 353 g/mol. The lowest BCUT2D eigenvalue weighted by atomic mass is 9.82. The monoisotopic (exact) mass is 352 g/mol. The molecule has 0 aromatic heterocycles.